The summed E-state index contributed by atoms with van der Waals surface area (Å²) in [6, 6.07) is 17.4. The Morgan fingerprint density at radius 3 is 2.73 bits per heavy atom. The number of benzene rings is 2. The van der Waals surface area contributed by atoms with Crippen LogP contribution in [-0.2, 0) is 4.74 Å². The van der Waals surface area contributed by atoms with Gasteiger partial charge in [0.1, 0.15) is 0 Å². The molecule has 2 heterocycles. The lowest BCUT2D eigenvalue weighted by atomic mass is 9.84. The van der Waals surface area contributed by atoms with Crippen LogP contribution in [0.3, 0.4) is 0 Å². The van der Waals surface area contributed by atoms with Gasteiger partial charge in [0, 0.05) is 40.7 Å². The van der Waals surface area contributed by atoms with Gasteiger partial charge in [0.15, 0.2) is 0 Å². The lowest BCUT2D eigenvalue weighted by Crippen LogP contribution is -2.13. The van der Waals surface area contributed by atoms with E-state index < -0.39 is 0 Å². The molecular formula is C27H30N4OS. The van der Waals surface area contributed by atoms with Crippen LogP contribution in [0.5, 0.6) is 0 Å². The van der Waals surface area contributed by atoms with Crippen molar-refractivity contribution in [3.63, 3.8) is 0 Å². The Balaban J connectivity index is 1.49. The highest BCUT2D eigenvalue weighted by atomic mass is 32.1. The zero-order chi connectivity index (χ0) is 22.5. The standard InChI is InChI=1S/C27H30N4OS/c1-32-16-15-28-27-31(30-18-23-17-29-25-10-6-5-9-24(23)25)26(19-33-27)22-13-11-21(12-14-22)20-7-3-2-4-8-20/h5-6,9-14,17-20,29H,2-4,7-8,15-16H2,1H3/b28-27?,30-18+. The van der Waals surface area contributed by atoms with E-state index in [4.69, 9.17) is 14.8 Å². The number of aromatic amines is 1. The van der Waals surface area contributed by atoms with Crippen molar-refractivity contribution in [2.45, 2.75) is 38.0 Å². The number of nitrogens with zero attached hydrogens (tertiary/aromatic N) is 3. The van der Waals surface area contributed by atoms with Gasteiger partial charge in [-0.1, -0.05) is 61.7 Å². The van der Waals surface area contributed by atoms with Crippen LogP contribution in [0, 0.1) is 0 Å². The SMILES string of the molecule is COCCN=c1scc(-c2ccc(C3CCCCC3)cc2)n1/N=C/c1c[nH]c2ccccc12. The molecule has 5 nitrogen and oxygen atoms in total. The Bertz CT molecular complexity index is 1290. The molecule has 170 valence electrons. The summed E-state index contributed by atoms with van der Waals surface area (Å²) in [6.07, 6.45) is 10.6. The first-order valence-electron chi connectivity index (χ1n) is 11.7. The van der Waals surface area contributed by atoms with Crippen molar-refractivity contribution in [3.05, 3.63) is 76.0 Å². The van der Waals surface area contributed by atoms with E-state index in [-0.39, 0.29) is 0 Å². The molecule has 1 aliphatic carbocycles. The van der Waals surface area contributed by atoms with Crippen molar-refractivity contribution in [2.75, 3.05) is 20.3 Å². The predicted octanol–water partition coefficient (Wildman–Crippen LogP) is 6.17. The van der Waals surface area contributed by atoms with E-state index in [0.29, 0.717) is 19.1 Å². The first-order valence-corrected chi connectivity index (χ1v) is 12.6. The molecule has 0 spiro atoms. The summed E-state index contributed by atoms with van der Waals surface area (Å²) in [5.41, 5.74) is 5.86. The summed E-state index contributed by atoms with van der Waals surface area (Å²) in [4.78, 5) is 8.92. The van der Waals surface area contributed by atoms with Crippen LogP contribution in [0.25, 0.3) is 22.2 Å². The predicted molar refractivity (Wildman–Crippen MR) is 137 cm³/mol. The van der Waals surface area contributed by atoms with E-state index in [1.165, 1.54) is 37.7 Å². The van der Waals surface area contributed by atoms with E-state index in [0.717, 1.165) is 32.5 Å². The summed E-state index contributed by atoms with van der Waals surface area (Å²) in [5, 5.41) is 8.18. The third kappa shape index (κ3) is 4.87. The Morgan fingerprint density at radius 2 is 1.91 bits per heavy atom. The van der Waals surface area contributed by atoms with Crippen LogP contribution in [0.4, 0.5) is 0 Å². The summed E-state index contributed by atoms with van der Waals surface area (Å²) < 4.78 is 7.15. The molecule has 1 N–H and O–H groups in total. The smallest absolute Gasteiger partial charge is 0.206 e. The topological polar surface area (TPSA) is 54.7 Å². The van der Waals surface area contributed by atoms with Crippen molar-refractivity contribution in [1.29, 1.82) is 0 Å². The molecule has 6 heteroatoms. The van der Waals surface area contributed by atoms with Crippen molar-refractivity contribution >= 4 is 28.5 Å². The molecule has 1 fully saturated rings. The molecule has 2 aromatic heterocycles. The number of rotatable bonds is 7. The monoisotopic (exact) mass is 458 g/mol. The van der Waals surface area contributed by atoms with Gasteiger partial charge >= 0.3 is 0 Å². The summed E-state index contributed by atoms with van der Waals surface area (Å²) >= 11 is 1.61. The number of fused-ring (bicyclic) bond motifs is 1. The van der Waals surface area contributed by atoms with E-state index in [1.807, 2.05) is 23.2 Å². The summed E-state index contributed by atoms with van der Waals surface area (Å²) in [7, 11) is 1.70. The normalized spacial score (nSPS) is 15.7. The maximum absolute atomic E-state index is 5.19. The Labute approximate surface area is 198 Å². The van der Waals surface area contributed by atoms with Crippen LogP contribution in [0.1, 0.15) is 49.1 Å². The van der Waals surface area contributed by atoms with Gasteiger partial charge in [0.2, 0.25) is 4.80 Å². The van der Waals surface area contributed by atoms with Crippen LogP contribution >= 0.6 is 11.3 Å². The number of ether oxygens (including phenoxy) is 1. The van der Waals surface area contributed by atoms with Gasteiger partial charge in [-0.15, -0.1) is 11.3 Å². The van der Waals surface area contributed by atoms with Gasteiger partial charge < -0.3 is 9.72 Å². The number of hydrogen-bond acceptors (Lipinski definition) is 4. The third-order valence-electron chi connectivity index (χ3n) is 6.44. The number of nitrogens with one attached hydrogen (secondary N) is 1. The number of hydrogen-bond donors (Lipinski definition) is 1. The quantitative estimate of drug-likeness (QED) is 0.261. The fourth-order valence-corrected chi connectivity index (χ4v) is 5.50. The van der Waals surface area contributed by atoms with Crippen molar-refractivity contribution < 1.29 is 4.74 Å². The Morgan fingerprint density at radius 1 is 1.09 bits per heavy atom. The molecule has 0 aliphatic heterocycles. The Hall–Kier alpha value is -2.96. The minimum Gasteiger partial charge on any atom is -0.383 e. The molecule has 5 rings (SSSR count). The van der Waals surface area contributed by atoms with Crippen LogP contribution < -0.4 is 4.80 Å². The number of H-pyrrole nitrogens is 1. The van der Waals surface area contributed by atoms with Crippen LogP contribution in [0.2, 0.25) is 0 Å². The molecule has 2 aromatic carbocycles. The van der Waals surface area contributed by atoms with Crippen molar-refractivity contribution in [1.82, 2.24) is 9.66 Å². The second-order valence-electron chi connectivity index (χ2n) is 8.58. The highest BCUT2D eigenvalue weighted by Crippen LogP contribution is 2.33. The molecular weight excluding hydrogens is 428 g/mol. The maximum Gasteiger partial charge on any atom is 0.206 e. The molecule has 0 atom stereocenters. The average Bonchev–Trinajstić information content (AvgIpc) is 3.47. The van der Waals surface area contributed by atoms with Gasteiger partial charge in [0.05, 0.1) is 25.1 Å². The molecule has 0 radical (unpaired) electrons. The molecule has 33 heavy (non-hydrogen) atoms. The fourth-order valence-electron chi connectivity index (χ4n) is 4.63. The third-order valence-corrected chi connectivity index (χ3v) is 7.30. The fraction of sp³-hybridized carbons (Fsp3) is 0.333. The van der Waals surface area contributed by atoms with Crippen LogP contribution in [0.15, 0.2) is 70.2 Å². The minimum atomic E-state index is 0.593. The molecule has 0 saturated heterocycles. The van der Waals surface area contributed by atoms with Gasteiger partial charge in [-0.05, 0) is 30.4 Å². The Kier molecular flexibility index (Phi) is 6.84. The zero-order valence-electron chi connectivity index (χ0n) is 19.0. The lowest BCUT2D eigenvalue weighted by Gasteiger charge is -2.22. The lowest BCUT2D eigenvalue weighted by molar-refractivity contribution is 0.207. The van der Waals surface area contributed by atoms with E-state index >= 15 is 0 Å². The number of para-hydroxylation sites is 1. The summed E-state index contributed by atoms with van der Waals surface area (Å²) in [6.45, 7) is 1.20. The first kappa shape index (κ1) is 21.9. The second kappa shape index (κ2) is 10.3. The highest BCUT2D eigenvalue weighted by Gasteiger charge is 2.16. The zero-order valence-corrected chi connectivity index (χ0v) is 19.9. The number of methoxy groups -OCH3 is 1. The van der Waals surface area contributed by atoms with Crippen molar-refractivity contribution in [2.24, 2.45) is 10.1 Å². The van der Waals surface area contributed by atoms with E-state index in [1.54, 1.807) is 18.4 Å². The molecule has 1 saturated carbocycles. The van der Waals surface area contributed by atoms with E-state index in [2.05, 4.69) is 52.8 Å². The molecule has 0 bridgehead atoms. The highest BCUT2D eigenvalue weighted by molar-refractivity contribution is 7.07. The van der Waals surface area contributed by atoms with E-state index in [9.17, 15) is 0 Å². The van der Waals surface area contributed by atoms with Gasteiger partial charge in [-0.2, -0.15) is 5.10 Å². The minimum absolute atomic E-state index is 0.593. The molecule has 1 aliphatic rings. The summed E-state index contributed by atoms with van der Waals surface area (Å²) in [5.74, 6) is 0.710. The van der Waals surface area contributed by atoms with Gasteiger partial charge in [-0.25, -0.2) is 4.68 Å². The van der Waals surface area contributed by atoms with Gasteiger partial charge in [-0.3, -0.25) is 4.99 Å². The molecule has 4 aromatic rings. The average molecular weight is 459 g/mol. The maximum atomic E-state index is 5.19. The van der Waals surface area contributed by atoms with Gasteiger partial charge in [0.25, 0.3) is 0 Å². The number of thiazole rings is 1. The largest absolute Gasteiger partial charge is 0.383 e. The van der Waals surface area contributed by atoms with Crippen LogP contribution in [-0.4, -0.2) is 36.1 Å². The molecule has 0 unspecified atom stereocenters. The first-order chi connectivity index (χ1) is 16.3. The molecule has 0 amide bonds. The van der Waals surface area contributed by atoms with Crippen molar-refractivity contribution in [3.8, 4) is 11.3 Å². The number of aromatic nitrogens is 2. The second-order valence-corrected chi connectivity index (χ2v) is 9.42.